The molecule has 0 radical (unpaired) electrons. The Labute approximate surface area is 106 Å². The molecule has 0 aromatic heterocycles. The predicted molar refractivity (Wildman–Crippen MR) is 65.7 cm³/mol. The van der Waals surface area contributed by atoms with E-state index in [9.17, 15) is 8.78 Å². The van der Waals surface area contributed by atoms with Crippen molar-refractivity contribution in [2.45, 2.75) is 31.5 Å². The number of nitrogens with two attached hydrogens (primary N) is 1. The van der Waals surface area contributed by atoms with Crippen LogP contribution in [0.1, 0.15) is 24.4 Å². The van der Waals surface area contributed by atoms with Crippen molar-refractivity contribution in [3.8, 4) is 5.75 Å². The molecule has 100 valence electrons. The Balaban J connectivity index is 1.91. The summed E-state index contributed by atoms with van der Waals surface area (Å²) in [6.07, 6.45) is 2.48. The molecule has 1 unspecified atom stereocenters. The van der Waals surface area contributed by atoms with Crippen LogP contribution in [0.3, 0.4) is 0 Å². The Kier molecular flexibility index (Phi) is 4.14. The van der Waals surface area contributed by atoms with E-state index in [1.165, 1.54) is 25.0 Å². The smallest absolute Gasteiger partial charge is 0.387 e. The lowest BCUT2D eigenvalue weighted by atomic mass is 10.1. The maximum atomic E-state index is 12.0. The molecule has 2 N–H and O–H groups in total. The van der Waals surface area contributed by atoms with Gasteiger partial charge in [-0.1, -0.05) is 12.1 Å². The lowest BCUT2D eigenvalue weighted by Gasteiger charge is -2.21. The van der Waals surface area contributed by atoms with Crippen molar-refractivity contribution in [2.75, 3.05) is 13.6 Å². The van der Waals surface area contributed by atoms with Crippen LogP contribution in [-0.4, -0.2) is 31.1 Å². The van der Waals surface area contributed by atoms with Crippen LogP contribution in [0.5, 0.6) is 5.75 Å². The molecule has 3 nitrogen and oxygen atoms in total. The minimum absolute atomic E-state index is 0.101. The van der Waals surface area contributed by atoms with Crippen molar-refractivity contribution >= 4 is 0 Å². The van der Waals surface area contributed by atoms with E-state index < -0.39 is 6.61 Å². The third-order valence-corrected chi connectivity index (χ3v) is 3.19. The maximum absolute atomic E-state index is 12.0. The van der Waals surface area contributed by atoms with Gasteiger partial charge in [0.15, 0.2) is 0 Å². The van der Waals surface area contributed by atoms with E-state index in [4.69, 9.17) is 5.73 Å². The van der Waals surface area contributed by atoms with E-state index in [0.29, 0.717) is 6.04 Å². The van der Waals surface area contributed by atoms with E-state index in [2.05, 4.69) is 16.7 Å². The third-order valence-electron chi connectivity index (χ3n) is 3.19. The fraction of sp³-hybridized carbons (Fsp3) is 0.538. The first-order valence-electron chi connectivity index (χ1n) is 6.07. The van der Waals surface area contributed by atoms with E-state index in [0.717, 1.165) is 12.1 Å². The van der Waals surface area contributed by atoms with Gasteiger partial charge < -0.3 is 15.4 Å². The predicted octanol–water partition coefficient (Wildman–Crippen LogP) is 2.38. The van der Waals surface area contributed by atoms with Gasteiger partial charge in [0.2, 0.25) is 0 Å². The zero-order valence-electron chi connectivity index (χ0n) is 10.4. The molecule has 1 aromatic rings. The molecule has 2 rings (SSSR count). The molecule has 1 aliphatic carbocycles. The highest BCUT2D eigenvalue weighted by atomic mass is 19.3. The quantitative estimate of drug-likeness (QED) is 0.849. The second-order valence-electron chi connectivity index (χ2n) is 4.72. The number of nitrogens with zero attached hydrogens (tertiary/aromatic N) is 1. The van der Waals surface area contributed by atoms with Crippen LogP contribution in [0.2, 0.25) is 0 Å². The number of hydrogen-bond acceptors (Lipinski definition) is 3. The summed E-state index contributed by atoms with van der Waals surface area (Å²) >= 11 is 0. The topological polar surface area (TPSA) is 38.5 Å². The Morgan fingerprint density at radius 3 is 2.44 bits per heavy atom. The minimum atomic E-state index is -2.79. The largest absolute Gasteiger partial charge is 0.435 e. The van der Waals surface area contributed by atoms with Gasteiger partial charge in [0, 0.05) is 18.6 Å². The number of benzene rings is 1. The zero-order chi connectivity index (χ0) is 13.1. The molecule has 0 spiro atoms. The number of ether oxygens (including phenoxy) is 1. The molecule has 0 bridgehead atoms. The molecule has 0 amide bonds. The molecule has 1 aromatic carbocycles. The van der Waals surface area contributed by atoms with Crippen LogP contribution < -0.4 is 10.5 Å². The summed E-state index contributed by atoms with van der Waals surface area (Å²) in [5.74, 6) is 0.163. The summed E-state index contributed by atoms with van der Waals surface area (Å²) in [6, 6.07) is 7.09. The Morgan fingerprint density at radius 1 is 1.33 bits per heavy atom. The van der Waals surface area contributed by atoms with E-state index in [1.807, 2.05) is 0 Å². The monoisotopic (exact) mass is 256 g/mol. The summed E-state index contributed by atoms with van der Waals surface area (Å²) in [5, 5.41) is 0. The van der Waals surface area contributed by atoms with E-state index >= 15 is 0 Å². The van der Waals surface area contributed by atoms with E-state index in [1.54, 1.807) is 12.1 Å². The van der Waals surface area contributed by atoms with Crippen molar-refractivity contribution in [1.82, 2.24) is 4.90 Å². The van der Waals surface area contributed by atoms with Gasteiger partial charge in [-0.25, -0.2) is 0 Å². The molecule has 1 saturated carbocycles. The first-order chi connectivity index (χ1) is 8.56. The number of hydrogen-bond donors (Lipinski definition) is 1. The van der Waals surface area contributed by atoms with Crippen LogP contribution in [0.25, 0.3) is 0 Å². The number of halogens is 2. The average Bonchev–Trinajstić information content (AvgIpc) is 3.12. The SMILES string of the molecule is CN(CC(N)c1ccc(OC(F)F)cc1)C1CC1. The number of likely N-dealkylation sites (N-methyl/N-ethyl adjacent to an activating group) is 1. The molecule has 0 heterocycles. The van der Waals surface area contributed by atoms with Gasteiger partial charge in [-0.15, -0.1) is 0 Å². The molecule has 1 fully saturated rings. The zero-order valence-corrected chi connectivity index (χ0v) is 10.4. The van der Waals surface area contributed by atoms with Gasteiger partial charge in [0.1, 0.15) is 5.75 Å². The van der Waals surface area contributed by atoms with Gasteiger partial charge in [0.05, 0.1) is 0 Å². The normalized spacial score (nSPS) is 17.2. The lowest BCUT2D eigenvalue weighted by Crippen LogP contribution is -2.30. The van der Waals surface area contributed by atoms with Gasteiger partial charge in [-0.3, -0.25) is 0 Å². The Bertz CT molecular complexity index is 379. The standard InChI is InChI=1S/C13H18F2N2O/c1-17(10-4-5-10)8-12(16)9-2-6-11(7-3-9)18-13(14)15/h2-3,6-7,10,12-13H,4-5,8,16H2,1H3. The third kappa shape index (κ3) is 3.65. The molecule has 5 heteroatoms. The van der Waals surface area contributed by atoms with E-state index in [-0.39, 0.29) is 11.8 Å². The van der Waals surface area contributed by atoms with Crippen LogP contribution in [0.4, 0.5) is 8.78 Å². The molecular formula is C13H18F2N2O. The maximum Gasteiger partial charge on any atom is 0.387 e. The highest BCUT2D eigenvalue weighted by Crippen LogP contribution is 2.27. The lowest BCUT2D eigenvalue weighted by molar-refractivity contribution is -0.0498. The molecule has 1 atom stereocenters. The second-order valence-corrected chi connectivity index (χ2v) is 4.72. The summed E-state index contributed by atoms with van der Waals surface area (Å²) < 4.78 is 28.3. The molecule has 18 heavy (non-hydrogen) atoms. The van der Waals surface area contributed by atoms with Crippen molar-refractivity contribution in [1.29, 1.82) is 0 Å². The fourth-order valence-corrected chi connectivity index (χ4v) is 1.98. The van der Waals surface area contributed by atoms with Crippen LogP contribution in [-0.2, 0) is 0 Å². The van der Waals surface area contributed by atoms with Gasteiger partial charge in [-0.05, 0) is 37.6 Å². The summed E-state index contributed by atoms with van der Waals surface area (Å²) in [4.78, 5) is 2.24. The molecule has 1 aliphatic rings. The highest BCUT2D eigenvalue weighted by Gasteiger charge is 2.27. The summed E-state index contributed by atoms with van der Waals surface area (Å²) in [7, 11) is 2.06. The summed E-state index contributed by atoms with van der Waals surface area (Å²) in [6.45, 7) is -2.01. The van der Waals surface area contributed by atoms with Crippen LogP contribution in [0.15, 0.2) is 24.3 Å². The minimum Gasteiger partial charge on any atom is -0.435 e. The van der Waals surface area contributed by atoms with Crippen molar-refractivity contribution in [3.05, 3.63) is 29.8 Å². The Hall–Kier alpha value is -1.20. The number of rotatable bonds is 6. The van der Waals surface area contributed by atoms with Gasteiger partial charge in [0.25, 0.3) is 0 Å². The van der Waals surface area contributed by atoms with Crippen LogP contribution in [0, 0.1) is 0 Å². The van der Waals surface area contributed by atoms with Crippen molar-refractivity contribution < 1.29 is 13.5 Å². The van der Waals surface area contributed by atoms with Crippen molar-refractivity contribution in [3.63, 3.8) is 0 Å². The van der Waals surface area contributed by atoms with Crippen molar-refractivity contribution in [2.24, 2.45) is 5.73 Å². The molecule has 0 aliphatic heterocycles. The molecule has 0 saturated heterocycles. The first kappa shape index (κ1) is 13.2. The molecular weight excluding hydrogens is 238 g/mol. The highest BCUT2D eigenvalue weighted by molar-refractivity contribution is 5.29. The second kappa shape index (κ2) is 5.63. The van der Waals surface area contributed by atoms with Gasteiger partial charge >= 0.3 is 6.61 Å². The van der Waals surface area contributed by atoms with Gasteiger partial charge in [-0.2, -0.15) is 8.78 Å². The fourth-order valence-electron chi connectivity index (χ4n) is 1.98. The average molecular weight is 256 g/mol. The number of alkyl halides is 2. The van der Waals surface area contributed by atoms with Crippen LogP contribution >= 0.6 is 0 Å². The Morgan fingerprint density at radius 2 is 1.94 bits per heavy atom. The first-order valence-corrected chi connectivity index (χ1v) is 6.07. The summed E-state index contributed by atoms with van der Waals surface area (Å²) in [5.41, 5.74) is 7.02.